The fraction of sp³-hybridized carbons (Fsp3) is 0.533. The highest BCUT2D eigenvalue weighted by atomic mass is 35.5. The molecule has 4 rings (SSSR count). The van der Waals surface area contributed by atoms with E-state index in [0.717, 1.165) is 43.2 Å². The fourth-order valence-corrected chi connectivity index (χ4v) is 6.53. The van der Waals surface area contributed by atoms with E-state index in [-0.39, 0.29) is 11.8 Å². The van der Waals surface area contributed by atoms with Crippen molar-refractivity contribution in [2.75, 3.05) is 14.2 Å². The van der Waals surface area contributed by atoms with Gasteiger partial charge >= 0.3 is 5.97 Å². The average molecular weight is 543 g/mol. The van der Waals surface area contributed by atoms with Crippen LogP contribution in [0.15, 0.2) is 48.5 Å². The number of ether oxygens (including phenoxy) is 2. The van der Waals surface area contributed by atoms with Gasteiger partial charge in [-0.2, -0.15) is 0 Å². The number of carbonyl (C=O) groups excluding carboxylic acids is 1. The molecule has 1 saturated heterocycles. The van der Waals surface area contributed by atoms with E-state index < -0.39 is 35.6 Å². The highest BCUT2D eigenvalue weighted by Gasteiger charge is 2.59. The molecule has 0 bridgehead atoms. The van der Waals surface area contributed by atoms with Crippen molar-refractivity contribution in [3.63, 3.8) is 0 Å². The molecule has 0 unspecified atom stereocenters. The number of methoxy groups -OCH3 is 2. The van der Waals surface area contributed by atoms with Gasteiger partial charge in [0.2, 0.25) is 5.91 Å². The molecule has 7 nitrogen and oxygen atoms in total. The molecule has 2 fully saturated rings. The Hall–Kier alpha value is -2.61. The van der Waals surface area contributed by atoms with E-state index in [0.29, 0.717) is 17.3 Å². The van der Waals surface area contributed by atoms with Gasteiger partial charge in [-0.05, 0) is 50.5 Å². The predicted molar refractivity (Wildman–Crippen MR) is 147 cm³/mol. The van der Waals surface area contributed by atoms with Crippen LogP contribution >= 0.6 is 11.6 Å². The van der Waals surface area contributed by atoms with E-state index in [2.05, 4.69) is 5.32 Å². The summed E-state index contributed by atoms with van der Waals surface area (Å²) in [6.07, 6.45) is 4.67. The molecule has 2 aromatic rings. The number of nitrogens with one attached hydrogen (secondary N) is 1. The highest BCUT2D eigenvalue weighted by Crippen LogP contribution is 2.47. The number of carboxylic acid groups (broad SMARTS) is 1. The van der Waals surface area contributed by atoms with Gasteiger partial charge in [0.05, 0.1) is 18.8 Å². The molecule has 1 aliphatic heterocycles. The van der Waals surface area contributed by atoms with Crippen molar-refractivity contribution in [1.29, 1.82) is 0 Å². The number of carbonyl (C=O) groups is 2. The summed E-state index contributed by atoms with van der Waals surface area (Å²) in [5.74, 6) is -1.12. The van der Waals surface area contributed by atoms with Crippen molar-refractivity contribution < 1.29 is 24.2 Å². The van der Waals surface area contributed by atoms with Crippen LogP contribution in [0.5, 0.6) is 5.75 Å². The Kier molecular flexibility index (Phi) is 9.01. The number of halogens is 1. The van der Waals surface area contributed by atoms with E-state index >= 15 is 0 Å². The van der Waals surface area contributed by atoms with Crippen molar-refractivity contribution in [3.05, 3.63) is 64.7 Å². The summed E-state index contributed by atoms with van der Waals surface area (Å²) in [5.41, 5.74) is 0.908. The molecule has 0 aromatic heterocycles. The molecular formula is C30H39ClN2O5. The maximum Gasteiger partial charge on any atom is 0.326 e. The minimum Gasteiger partial charge on any atom is -0.496 e. The van der Waals surface area contributed by atoms with Crippen LogP contribution in [0, 0.1) is 11.8 Å². The minimum absolute atomic E-state index is 0.0764. The predicted octanol–water partition coefficient (Wildman–Crippen LogP) is 5.47. The molecule has 38 heavy (non-hydrogen) atoms. The van der Waals surface area contributed by atoms with Crippen molar-refractivity contribution >= 4 is 23.5 Å². The molecule has 1 saturated carbocycles. The van der Waals surface area contributed by atoms with Crippen LogP contribution in [0.25, 0.3) is 0 Å². The largest absolute Gasteiger partial charge is 0.496 e. The molecule has 1 aliphatic carbocycles. The highest BCUT2D eigenvalue weighted by molar-refractivity contribution is 6.30. The van der Waals surface area contributed by atoms with Crippen LogP contribution in [0.2, 0.25) is 5.02 Å². The third-order valence-corrected chi connectivity index (χ3v) is 8.60. The molecule has 8 heteroatoms. The van der Waals surface area contributed by atoms with Crippen LogP contribution in [0.1, 0.15) is 63.1 Å². The number of likely N-dealkylation sites (tertiary alicyclic amines) is 1. The fourth-order valence-electron chi connectivity index (χ4n) is 6.34. The number of aliphatic carboxylic acids is 1. The minimum atomic E-state index is -1.05. The first-order valence-electron chi connectivity index (χ1n) is 13.4. The normalized spacial score (nSPS) is 24.4. The van der Waals surface area contributed by atoms with Gasteiger partial charge in [-0.3, -0.25) is 4.79 Å². The van der Waals surface area contributed by atoms with Crippen LogP contribution in [-0.2, 0) is 20.9 Å². The zero-order chi connectivity index (χ0) is 27.4. The summed E-state index contributed by atoms with van der Waals surface area (Å²) in [5, 5.41) is 14.9. The maximum absolute atomic E-state index is 14.2. The Balaban J connectivity index is 1.83. The van der Waals surface area contributed by atoms with E-state index in [4.69, 9.17) is 21.1 Å². The summed E-state index contributed by atoms with van der Waals surface area (Å²) >= 11 is 6.30. The van der Waals surface area contributed by atoms with Gasteiger partial charge in [0.1, 0.15) is 11.8 Å². The molecule has 4 atom stereocenters. The van der Waals surface area contributed by atoms with Gasteiger partial charge in [-0.1, -0.05) is 61.2 Å². The maximum atomic E-state index is 14.2. The summed E-state index contributed by atoms with van der Waals surface area (Å²) in [6.45, 7) is 4.18. The standard InChI is InChI=1S/C30H39ClN2O5/c1-30(2,38-4)24-25(32-18-21-17-22(31)15-16-23(21)37-3)26(19-11-7-5-8-12-19)33(27(24)29(35)36)28(34)20-13-9-6-10-14-20/h5,7-8,11-12,15-17,20,24-27,32H,6,9-10,13-14,18H2,1-4H3,(H,35,36)/t24-,25-,26-,27-/m1/s1. The smallest absolute Gasteiger partial charge is 0.326 e. The summed E-state index contributed by atoms with van der Waals surface area (Å²) in [7, 11) is 3.20. The second-order valence-electron chi connectivity index (χ2n) is 10.9. The zero-order valence-corrected chi connectivity index (χ0v) is 23.4. The van der Waals surface area contributed by atoms with Crippen molar-refractivity contribution in [1.82, 2.24) is 10.2 Å². The lowest BCUT2D eigenvalue weighted by Gasteiger charge is -2.37. The van der Waals surface area contributed by atoms with Crippen molar-refractivity contribution in [3.8, 4) is 5.75 Å². The third-order valence-electron chi connectivity index (χ3n) is 8.37. The van der Waals surface area contributed by atoms with E-state index in [9.17, 15) is 14.7 Å². The number of nitrogens with zero attached hydrogens (tertiary/aromatic N) is 1. The first kappa shape index (κ1) is 28.4. The molecular weight excluding hydrogens is 504 g/mol. The SMILES string of the molecule is COc1ccc(Cl)cc1CN[C@@H]1[C@@H](C(C)(C)OC)[C@H](C(=O)O)N(C(=O)C2CCCCC2)[C@@H]1c1ccccc1. The van der Waals surface area contributed by atoms with Gasteiger partial charge in [-0.25, -0.2) is 4.79 Å². The number of hydrogen-bond donors (Lipinski definition) is 2. The first-order chi connectivity index (χ1) is 18.2. The molecule has 1 amide bonds. The topological polar surface area (TPSA) is 88.1 Å². The van der Waals surface area contributed by atoms with Gasteiger partial charge in [0, 0.05) is 42.1 Å². The number of amides is 1. The van der Waals surface area contributed by atoms with Crippen LogP contribution in [0.4, 0.5) is 0 Å². The molecule has 206 valence electrons. The molecule has 0 radical (unpaired) electrons. The Bertz CT molecular complexity index is 1120. The number of carboxylic acids is 1. The number of benzene rings is 2. The number of hydrogen-bond acceptors (Lipinski definition) is 5. The second-order valence-corrected chi connectivity index (χ2v) is 11.4. The van der Waals surface area contributed by atoms with Gasteiger partial charge in [-0.15, -0.1) is 0 Å². The van der Waals surface area contributed by atoms with E-state index in [1.165, 1.54) is 0 Å². The average Bonchev–Trinajstić information content (AvgIpc) is 3.29. The molecule has 2 N–H and O–H groups in total. The monoisotopic (exact) mass is 542 g/mol. The lowest BCUT2D eigenvalue weighted by molar-refractivity contribution is -0.156. The van der Waals surface area contributed by atoms with E-state index in [1.807, 2.05) is 56.3 Å². The first-order valence-corrected chi connectivity index (χ1v) is 13.8. The Morgan fingerprint density at radius 2 is 1.76 bits per heavy atom. The molecule has 2 aromatic carbocycles. The lowest BCUT2D eigenvalue weighted by atomic mass is 9.79. The van der Waals surface area contributed by atoms with Crippen molar-refractivity contribution in [2.45, 2.75) is 76.2 Å². The van der Waals surface area contributed by atoms with Crippen LogP contribution in [-0.4, -0.2) is 53.8 Å². The zero-order valence-electron chi connectivity index (χ0n) is 22.7. The van der Waals surface area contributed by atoms with Crippen molar-refractivity contribution in [2.24, 2.45) is 11.8 Å². The summed E-state index contributed by atoms with van der Waals surface area (Å²) in [4.78, 5) is 28.8. The van der Waals surface area contributed by atoms with Gasteiger partial charge in [0.15, 0.2) is 0 Å². The Morgan fingerprint density at radius 1 is 1.08 bits per heavy atom. The molecule has 1 heterocycles. The molecule has 0 spiro atoms. The molecule has 2 aliphatic rings. The van der Waals surface area contributed by atoms with Crippen LogP contribution in [0.3, 0.4) is 0 Å². The lowest BCUT2D eigenvalue weighted by Crippen LogP contribution is -2.53. The Labute approximate surface area is 230 Å². The van der Waals surface area contributed by atoms with E-state index in [1.54, 1.807) is 25.2 Å². The summed E-state index contributed by atoms with van der Waals surface area (Å²) < 4.78 is 11.5. The third kappa shape index (κ3) is 5.70. The number of rotatable bonds is 9. The van der Waals surface area contributed by atoms with Gasteiger partial charge < -0.3 is 24.8 Å². The second kappa shape index (κ2) is 12.1. The van der Waals surface area contributed by atoms with Crippen LogP contribution < -0.4 is 10.1 Å². The summed E-state index contributed by atoms with van der Waals surface area (Å²) in [6, 6.07) is 13.2. The quantitative estimate of drug-likeness (QED) is 0.437. The Morgan fingerprint density at radius 3 is 2.37 bits per heavy atom. The van der Waals surface area contributed by atoms with Gasteiger partial charge in [0.25, 0.3) is 0 Å².